The number of hydrogen-bond acceptors (Lipinski definition) is 5. The fourth-order valence-electron chi connectivity index (χ4n) is 1.84. The van der Waals surface area contributed by atoms with Crippen LogP contribution in [0.25, 0.3) is 0 Å². The number of hydrogen-bond donors (Lipinski definition) is 0. The third-order valence-electron chi connectivity index (χ3n) is 2.84. The third kappa shape index (κ3) is 1.63. The smallest absolute Gasteiger partial charge is 0.338 e. The molecular formula is C11H18O5. The van der Waals surface area contributed by atoms with Gasteiger partial charge in [0, 0.05) is 0 Å². The predicted molar refractivity (Wildman–Crippen MR) is 54.6 cm³/mol. The first-order chi connectivity index (χ1) is 7.29. The van der Waals surface area contributed by atoms with Crippen LogP contribution in [0.15, 0.2) is 0 Å². The number of esters is 1. The second kappa shape index (κ2) is 3.42. The van der Waals surface area contributed by atoms with Gasteiger partial charge in [0.15, 0.2) is 11.2 Å². The van der Waals surface area contributed by atoms with E-state index in [1.165, 1.54) is 0 Å². The molecule has 0 N–H and O–H groups in total. The van der Waals surface area contributed by atoms with Gasteiger partial charge in [0.05, 0.1) is 13.2 Å². The van der Waals surface area contributed by atoms with Crippen LogP contribution in [-0.2, 0) is 23.7 Å². The quantitative estimate of drug-likeness (QED) is 0.585. The molecule has 0 radical (unpaired) electrons. The lowest BCUT2D eigenvalue weighted by atomic mass is 9.99. The molecule has 2 aliphatic rings. The van der Waals surface area contributed by atoms with E-state index in [1.807, 2.05) is 0 Å². The Kier molecular flexibility index (Phi) is 2.53. The van der Waals surface area contributed by atoms with Crippen LogP contribution in [0, 0.1) is 0 Å². The zero-order valence-electron chi connectivity index (χ0n) is 10.2. The van der Waals surface area contributed by atoms with Gasteiger partial charge >= 0.3 is 11.9 Å². The van der Waals surface area contributed by atoms with Crippen molar-refractivity contribution < 1.29 is 23.7 Å². The molecule has 0 unspecified atom stereocenters. The van der Waals surface area contributed by atoms with Crippen molar-refractivity contribution in [2.75, 3.05) is 13.2 Å². The molecule has 2 rings (SSSR count). The van der Waals surface area contributed by atoms with Crippen molar-refractivity contribution in [2.45, 2.75) is 51.3 Å². The number of cyclic esters (lactones) is 1. The first kappa shape index (κ1) is 11.8. The molecule has 92 valence electrons. The molecule has 0 aromatic heterocycles. The summed E-state index contributed by atoms with van der Waals surface area (Å²) < 4.78 is 22.2. The predicted octanol–water partition coefficient (Wildman–Crippen LogP) is 1.21. The molecule has 16 heavy (non-hydrogen) atoms. The number of ether oxygens (including phenoxy) is 4. The molecule has 0 aliphatic carbocycles. The molecule has 2 fully saturated rings. The summed E-state index contributed by atoms with van der Waals surface area (Å²) in [5, 5.41) is 0. The number of carbonyl (C=O) groups is 1. The van der Waals surface area contributed by atoms with Crippen molar-refractivity contribution in [2.24, 2.45) is 0 Å². The van der Waals surface area contributed by atoms with Gasteiger partial charge in [-0.1, -0.05) is 0 Å². The summed E-state index contributed by atoms with van der Waals surface area (Å²) in [6, 6.07) is 0. The highest BCUT2D eigenvalue weighted by Crippen LogP contribution is 2.42. The van der Waals surface area contributed by atoms with Crippen molar-refractivity contribution >= 4 is 5.97 Å². The van der Waals surface area contributed by atoms with E-state index in [1.54, 1.807) is 27.7 Å². The van der Waals surface area contributed by atoms with E-state index in [2.05, 4.69) is 0 Å². The molecule has 0 bridgehead atoms. The molecule has 2 aliphatic heterocycles. The normalized spacial score (nSPS) is 31.1. The number of rotatable bonds is 0. The first-order valence-corrected chi connectivity index (χ1v) is 5.51. The van der Waals surface area contributed by atoms with E-state index >= 15 is 0 Å². The molecule has 1 spiro atoms. The Hall–Kier alpha value is -0.650. The van der Waals surface area contributed by atoms with Crippen molar-refractivity contribution in [3.8, 4) is 0 Å². The summed E-state index contributed by atoms with van der Waals surface area (Å²) in [5.41, 5.74) is -1.99. The average molecular weight is 230 g/mol. The lowest BCUT2D eigenvalue weighted by molar-refractivity contribution is -0.483. The summed E-state index contributed by atoms with van der Waals surface area (Å²) in [7, 11) is 0. The molecule has 5 heteroatoms. The van der Waals surface area contributed by atoms with Gasteiger partial charge in [-0.15, -0.1) is 0 Å². The lowest BCUT2D eigenvalue weighted by Gasteiger charge is -2.52. The van der Waals surface area contributed by atoms with Gasteiger partial charge in [-0.3, -0.25) is 0 Å². The summed E-state index contributed by atoms with van der Waals surface area (Å²) in [4.78, 5) is 11.7. The van der Waals surface area contributed by atoms with Gasteiger partial charge in [-0.25, -0.2) is 4.79 Å². The van der Waals surface area contributed by atoms with Crippen molar-refractivity contribution in [3.63, 3.8) is 0 Å². The summed E-state index contributed by atoms with van der Waals surface area (Å²) in [6.07, 6.45) is 0.815. The molecule has 0 atom stereocenters. The van der Waals surface area contributed by atoms with Crippen LogP contribution in [0.1, 0.15) is 34.1 Å². The molecule has 5 nitrogen and oxygen atoms in total. The van der Waals surface area contributed by atoms with E-state index < -0.39 is 23.1 Å². The van der Waals surface area contributed by atoms with Crippen molar-refractivity contribution in [3.05, 3.63) is 0 Å². The minimum atomic E-state index is -1.28. The van der Waals surface area contributed by atoms with E-state index in [-0.39, 0.29) is 0 Å². The summed E-state index contributed by atoms with van der Waals surface area (Å²) in [6.45, 7) is 7.83. The maximum atomic E-state index is 11.7. The van der Waals surface area contributed by atoms with E-state index in [9.17, 15) is 4.79 Å². The highest BCUT2D eigenvalue weighted by Gasteiger charge is 2.62. The molecule has 0 saturated carbocycles. The van der Waals surface area contributed by atoms with Crippen LogP contribution < -0.4 is 0 Å². The van der Waals surface area contributed by atoms with Crippen LogP contribution in [-0.4, -0.2) is 36.4 Å². The molecule has 0 aromatic carbocycles. The minimum absolute atomic E-state index is 0.402. The highest BCUT2D eigenvalue weighted by molar-refractivity contribution is 5.79. The Morgan fingerprint density at radius 1 is 1.06 bits per heavy atom. The fourth-order valence-corrected chi connectivity index (χ4v) is 1.84. The third-order valence-corrected chi connectivity index (χ3v) is 2.84. The van der Waals surface area contributed by atoms with Crippen LogP contribution in [0.5, 0.6) is 0 Å². The van der Waals surface area contributed by atoms with Crippen LogP contribution >= 0.6 is 0 Å². The maximum Gasteiger partial charge on any atom is 0.338 e. The van der Waals surface area contributed by atoms with Crippen molar-refractivity contribution in [1.82, 2.24) is 0 Å². The zero-order chi connectivity index (χ0) is 12.0. The Labute approximate surface area is 95.0 Å². The standard InChI is InChI=1S/C11H18O5/c1-9(2)8(12)15-10(3,4)11(16-9)13-6-5-7-14-11/h5-7H2,1-4H3. The Balaban J connectivity index is 2.31. The first-order valence-electron chi connectivity index (χ1n) is 5.51. The Bertz CT molecular complexity index is 301. The highest BCUT2D eigenvalue weighted by atomic mass is 16.9. The van der Waals surface area contributed by atoms with Gasteiger partial charge < -0.3 is 18.9 Å². The van der Waals surface area contributed by atoms with Gasteiger partial charge in [0.25, 0.3) is 0 Å². The molecule has 2 heterocycles. The lowest BCUT2D eigenvalue weighted by Crippen LogP contribution is -2.68. The van der Waals surface area contributed by atoms with E-state index in [0.717, 1.165) is 6.42 Å². The maximum absolute atomic E-state index is 11.7. The zero-order valence-corrected chi connectivity index (χ0v) is 10.2. The van der Waals surface area contributed by atoms with Gasteiger partial charge in [-0.05, 0) is 34.1 Å². The second-order valence-corrected chi connectivity index (χ2v) is 5.12. The van der Waals surface area contributed by atoms with Crippen LogP contribution in [0.4, 0.5) is 0 Å². The van der Waals surface area contributed by atoms with E-state index in [4.69, 9.17) is 18.9 Å². The summed E-state index contributed by atoms with van der Waals surface area (Å²) >= 11 is 0. The topological polar surface area (TPSA) is 54.0 Å². The van der Waals surface area contributed by atoms with Gasteiger partial charge in [0.2, 0.25) is 0 Å². The summed E-state index contributed by atoms with van der Waals surface area (Å²) in [5.74, 6) is -1.68. The largest absolute Gasteiger partial charge is 0.449 e. The monoisotopic (exact) mass is 230 g/mol. The van der Waals surface area contributed by atoms with Crippen molar-refractivity contribution in [1.29, 1.82) is 0 Å². The average Bonchev–Trinajstić information content (AvgIpc) is 2.15. The fraction of sp³-hybridized carbons (Fsp3) is 0.909. The Morgan fingerprint density at radius 3 is 2.19 bits per heavy atom. The van der Waals surface area contributed by atoms with Gasteiger partial charge in [0.1, 0.15) is 0 Å². The molecular weight excluding hydrogens is 212 g/mol. The van der Waals surface area contributed by atoms with E-state index in [0.29, 0.717) is 13.2 Å². The second-order valence-electron chi connectivity index (χ2n) is 5.12. The SMILES string of the molecule is CC1(C)OC2(OCCCO2)C(C)(C)OC1=O. The van der Waals surface area contributed by atoms with Crippen LogP contribution in [0.2, 0.25) is 0 Å². The Morgan fingerprint density at radius 2 is 1.62 bits per heavy atom. The van der Waals surface area contributed by atoms with Crippen LogP contribution in [0.3, 0.4) is 0 Å². The molecule has 0 amide bonds. The van der Waals surface area contributed by atoms with Gasteiger partial charge in [-0.2, -0.15) is 0 Å². The molecule has 2 saturated heterocycles. The minimum Gasteiger partial charge on any atom is -0.449 e. The number of carbonyl (C=O) groups excluding carboxylic acids is 1. The molecule has 0 aromatic rings.